The fourth-order valence-electron chi connectivity index (χ4n) is 2.27. The predicted octanol–water partition coefficient (Wildman–Crippen LogP) is 3.82. The van der Waals surface area contributed by atoms with Gasteiger partial charge in [-0.3, -0.25) is 10.1 Å². The Labute approximate surface area is 120 Å². The second-order valence-electron chi connectivity index (χ2n) is 6.36. The summed E-state index contributed by atoms with van der Waals surface area (Å²) in [6, 6.07) is 7.97. The predicted molar refractivity (Wildman–Crippen MR) is 82.7 cm³/mol. The van der Waals surface area contributed by atoms with Crippen LogP contribution >= 0.6 is 0 Å². The Hall–Kier alpha value is -1.84. The highest BCUT2D eigenvalue weighted by Gasteiger charge is 2.18. The molecule has 1 heterocycles. The number of hydrogen-bond donors (Lipinski definition) is 1. The largest absolute Gasteiger partial charge is 0.310 e. The van der Waals surface area contributed by atoms with Crippen molar-refractivity contribution in [1.82, 2.24) is 9.55 Å². The number of anilines is 1. The van der Waals surface area contributed by atoms with Gasteiger partial charge in [-0.05, 0) is 24.0 Å². The number of fused-ring (bicyclic) bond motifs is 1. The zero-order chi connectivity index (χ0) is 14.8. The molecule has 108 valence electrons. The van der Waals surface area contributed by atoms with Crippen LogP contribution in [0.15, 0.2) is 24.3 Å². The first-order chi connectivity index (χ1) is 9.40. The van der Waals surface area contributed by atoms with Crippen LogP contribution in [0, 0.1) is 5.41 Å². The first kappa shape index (κ1) is 14.6. The number of nitrogens with zero attached hydrogens (tertiary/aromatic N) is 2. The monoisotopic (exact) mass is 273 g/mol. The van der Waals surface area contributed by atoms with Crippen LogP contribution in [-0.4, -0.2) is 15.5 Å². The van der Waals surface area contributed by atoms with E-state index in [4.69, 9.17) is 0 Å². The number of carbonyl (C=O) groups excluding carboxylic acids is 1. The molecule has 4 heteroatoms. The third-order valence-corrected chi connectivity index (χ3v) is 3.04. The summed E-state index contributed by atoms with van der Waals surface area (Å²) in [5.41, 5.74) is 1.97. The number of benzene rings is 1. The Bertz CT molecular complexity index is 608. The molecule has 0 saturated carbocycles. The van der Waals surface area contributed by atoms with E-state index in [-0.39, 0.29) is 11.3 Å². The fraction of sp³-hybridized carbons (Fsp3) is 0.500. The molecule has 1 aromatic heterocycles. The minimum Gasteiger partial charge on any atom is -0.310 e. The highest BCUT2D eigenvalue weighted by atomic mass is 16.1. The minimum atomic E-state index is -0.0221. The molecule has 0 spiro atoms. The lowest BCUT2D eigenvalue weighted by molar-refractivity contribution is -0.117. The normalized spacial score (nSPS) is 11.8. The highest BCUT2D eigenvalue weighted by Crippen LogP contribution is 2.22. The van der Waals surface area contributed by atoms with Crippen molar-refractivity contribution in [2.24, 2.45) is 5.41 Å². The average Bonchev–Trinajstić information content (AvgIpc) is 2.66. The Morgan fingerprint density at radius 3 is 2.65 bits per heavy atom. The van der Waals surface area contributed by atoms with E-state index >= 15 is 0 Å². The molecule has 0 bridgehead atoms. The first-order valence-corrected chi connectivity index (χ1v) is 7.16. The van der Waals surface area contributed by atoms with Crippen molar-refractivity contribution in [3.05, 3.63) is 24.3 Å². The molecule has 0 aliphatic rings. The summed E-state index contributed by atoms with van der Waals surface area (Å²) in [7, 11) is 0. The van der Waals surface area contributed by atoms with Crippen LogP contribution in [0.4, 0.5) is 5.95 Å². The molecule has 0 radical (unpaired) electrons. The first-order valence-electron chi connectivity index (χ1n) is 7.16. The van der Waals surface area contributed by atoms with Crippen molar-refractivity contribution in [3.8, 4) is 0 Å². The molecule has 0 atom stereocenters. The third-order valence-electron chi connectivity index (χ3n) is 3.04. The van der Waals surface area contributed by atoms with E-state index in [2.05, 4.69) is 42.6 Å². The number of carbonyl (C=O) groups is 1. The number of amides is 1. The number of aromatic nitrogens is 2. The number of imidazole rings is 1. The number of para-hydroxylation sites is 2. The summed E-state index contributed by atoms with van der Waals surface area (Å²) in [4.78, 5) is 16.6. The van der Waals surface area contributed by atoms with Crippen LogP contribution in [-0.2, 0) is 11.3 Å². The molecule has 1 N–H and O–H groups in total. The van der Waals surface area contributed by atoms with Crippen LogP contribution < -0.4 is 5.32 Å². The number of nitrogens with one attached hydrogen (secondary N) is 1. The van der Waals surface area contributed by atoms with E-state index < -0.39 is 0 Å². The minimum absolute atomic E-state index is 0.0187. The van der Waals surface area contributed by atoms with Crippen LogP contribution in [0.2, 0.25) is 0 Å². The summed E-state index contributed by atoms with van der Waals surface area (Å²) >= 11 is 0. The number of rotatable bonds is 4. The van der Waals surface area contributed by atoms with Crippen LogP contribution in [0.3, 0.4) is 0 Å². The summed E-state index contributed by atoms with van der Waals surface area (Å²) < 4.78 is 2.08. The van der Waals surface area contributed by atoms with Crippen molar-refractivity contribution in [3.63, 3.8) is 0 Å². The molecule has 2 aromatic rings. The van der Waals surface area contributed by atoms with Gasteiger partial charge in [0, 0.05) is 13.0 Å². The van der Waals surface area contributed by atoms with E-state index in [1.54, 1.807) is 0 Å². The van der Waals surface area contributed by atoms with Gasteiger partial charge < -0.3 is 4.57 Å². The highest BCUT2D eigenvalue weighted by molar-refractivity contribution is 5.91. The molecule has 20 heavy (non-hydrogen) atoms. The van der Waals surface area contributed by atoms with Crippen molar-refractivity contribution in [1.29, 1.82) is 0 Å². The molecule has 0 saturated heterocycles. The molecule has 0 aliphatic carbocycles. The molecule has 0 fully saturated rings. The van der Waals surface area contributed by atoms with E-state index in [1.807, 2.05) is 24.3 Å². The topological polar surface area (TPSA) is 46.9 Å². The van der Waals surface area contributed by atoms with Crippen LogP contribution in [0.1, 0.15) is 40.5 Å². The average molecular weight is 273 g/mol. The Kier molecular flexibility index (Phi) is 4.12. The van der Waals surface area contributed by atoms with Crippen molar-refractivity contribution in [2.75, 3.05) is 5.32 Å². The van der Waals surface area contributed by atoms with E-state index in [1.165, 1.54) is 0 Å². The van der Waals surface area contributed by atoms with Gasteiger partial charge in [-0.25, -0.2) is 4.98 Å². The lowest BCUT2D eigenvalue weighted by Gasteiger charge is -2.17. The van der Waals surface area contributed by atoms with Gasteiger partial charge in [0.25, 0.3) is 0 Å². The maximum atomic E-state index is 12.1. The maximum Gasteiger partial charge on any atom is 0.227 e. The molecular weight excluding hydrogens is 250 g/mol. The number of aryl methyl sites for hydroxylation is 1. The van der Waals surface area contributed by atoms with Gasteiger partial charge in [0.1, 0.15) is 0 Å². The van der Waals surface area contributed by atoms with Gasteiger partial charge in [-0.1, -0.05) is 39.8 Å². The lowest BCUT2D eigenvalue weighted by atomic mass is 9.92. The van der Waals surface area contributed by atoms with Gasteiger partial charge in [0.05, 0.1) is 11.0 Å². The van der Waals surface area contributed by atoms with Crippen molar-refractivity contribution in [2.45, 2.75) is 47.1 Å². The summed E-state index contributed by atoms with van der Waals surface area (Å²) in [5, 5.41) is 2.95. The standard InChI is InChI=1S/C16H23N3O/c1-5-10-19-13-9-7-6-8-12(13)17-15(19)18-14(20)11-16(2,3)4/h6-9H,5,10-11H2,1-4H3,(H,17,18,20). The zero-order valence-electron chi connectivity index (χ0n) is 12.7. The van der Waals surface area contributed by atoms with Crippen LogP contribution in [0.5, 0.6) is 0 Å². The SMILES string of the molecule is CCCn1c(NC(=O)CC(C)(C)C)nc2ccccc21. The summed E-state index contributed by atoms with van der Waals surface area (Å²) in [5.74, 6) is 0.674. The summed E-state index contributed by atoms with van der Waals surface area (Å²) in [6.45, 7) is 9.14. The Balaban J connectivity index is 2.29. The van der Waals surface area contributed by atoms with Gasteiger partial charge in [0.2, 0.25) is 11.9 Å². The quantitative estimate of drug-likeness (QED) is 0.920. The maximum absolute atomic E-state index is 12.1. The molecule has 0 unspecified atom stereocenters. The second-order valence-corrected chi connectivity index (χ2v) is 6.36. The van der Waals surface area contributed by atoms with E-state index in [0.717, 1.165) is 24.0 Å². The van der Waals surface area contributed by atoms with Crippen molar-refractivity contribution >= 4 is 22.9 Å². The molecule has 4 nitrogen and oxygen atoms in total. The third kappa shape index (κ3) is 3.38. The zero-order valence-corrected chi connectivity index (χ0v) is 12.7. The molecule has 1 aromatic carbocycles. The Morgan fingerprint density at radius 1 is 1.30 bits per heavy atom. The van der Waals surface area contributed by atoms with Gasteiger partial charge in [-0.2, -0.15) is 0 Å². The van der Waals surface area contributed by atoms with E-state index in [9.17, 15) is 4.79 Å². The van der Waals surface area contributed by atoms with E-state index in [0.29, 0.717) is 12.4 Å². The molecule has 2 rings (SSSR count). The van der Waals surface area contributed by atoms with Gasteiger partial charge in [-0.15, -0.1) is 0 Å². The lowest BCUT2D eigenvalue weighted by Crippen LogP contribution is -2.21. The Morgan fingerprint density at radius 2 is 2.00 bits per heavy atom. The molecule has 1 amide bonds. The van der Waals surface area contributed by atoms with Gasteiger partial charge >= 0.3 is 0 Å². The smallest absolute Gasteiger partial charge is 0.227 e. The fourth-order valence-corrected chi connectivity index (χ4v) is 2.27. The number of hydrogen-bond acceptors (Lipinski definition) is 2. The summed E-state index contributed by atoms with van der Waals surface area (Å²) in [6.07, 6.45) is 1.49. The van der Waals surface area contributed by atoms with Crippen LogP contribution in [0.25, 0.3) is 11.0 Å². The molecule has 0 aliphatic heterocycles. The van der Waals surface area contributed by atoms with Crippen molar-refractivity contribution < 1.29 is 4.79 Å². The molecular formula is C16H23N3O. The second kappa shape index (κ2) is 5.65. The van der Waals surface area contributed by atoms with Gasteiger partial charge in [0.15, 0.2) is 0 Å².